The molecule has 2 fully saturated rings. The molecule has 1 aromatic carbocycles. The van der Waals surface area contributed by atoms with Crippen LogP contribution in [-0.4, -0.2) is 69.8 Å². The SMILES string of the molecule is Cc1nc2ccc(NC(=O)N[C@H]3C[C@H]4C(=O)N(C)CC(=O)N4C3)cc2[nH]1. The molecule has 2 aliphatic rings. The lowest BCUT2D eigenvalue weighted by Gasteiger charge is -2.33. The molecule has 0 bridgehead atoms. The summed E-state index contributed by atoms with van der Waals surface area (Å²) in [5.41, 5.74) is 2.32. The third kappa shape index (κ3) is 2.85. The molecule has 4 rings (SSSR count). The van der Waals surface area contributed by atoms with E-state index in [0.29, 0.717) is 18.7 Å². The molecule has 1 aromatic heterocycles. The first kappa shape index (κ1) is 16.4. The summed E-state index contributed by atoms with van der Waals surface area (Å²) in [6.07, 6.45) is 0.432. The molecule has 3 heterocycles. The maximum absolute atomic E-state index is 12.3. The normalized spacial score (nSPS) is 22.7. The van der Waals surface area contributed by atoms with E-state index in [1.54, 1.807) is 18.0 Å². The molecule has 0 radical (unpaired) electrons. The van der Waals surface area contributed by atoms with Gasteiger partial charge in [0.2, 0.25) is 11.8 Å². The van der Waals surface area contributed by atoms with E-state index in [2.05, 4.69) is 20.6 Å². The summed E-state index contributed by atoms with van der Waals surface area (Å²) < 4.78 is 0. The molecule has 9 nitrogen and oxygen atoms in total. The molecule has 26 heavy (non-hydrogen) atoms. The number of benzene rings is 1. The number of aromatic nitrogens is 2. The van der Waals surface area contributed by atoms with E-state index in [1.807, 2.05) is 19.1 Å². The summed E-state index contributed by atoms with van der Waals surface area (Å²) in [6.45, 7) is 2.32. The predicted molar refractivity (Wildman–Crippen MR) is 94.5 cm³/mol. The fourth-order valence-electron chi connectivity index (χ4n) is 3.64. The Hall–Kier alpha value is -3.10. The molecule has 2 saturated heterocycles. The molecule has 0 saturated carbocycles. The predicted octanol–water partition coefficient (Wildman–Crippen LogP) is 0.434. The molecule has 2 aliphatic heterocycles. The standard InChI is InChI=1S/C17H20N6O3/c1-9-18-12-4-3-10(5-13(12)19-9)20-17(26)21-11-6-14-16(25)22(2)8-15(24)23(14)7-11/h3-5,11,14H,6-8H2,1-2H3,(H,18,19)(H2,20,21,26)/t11-,14-/m0/s1. The average molecular weight is 356 g/mol. The number of likely N-dealkylation sites (N-methyl/N-ethyl adjacent to an activating group) is 1. The highest BCUT2D eigenvalue weighted by molar-refractivity contribution is 5.96. The van der Waals surface area contributed by atoms with Crippen molar-refractivity contribution in [2.24, 2.45) is 0 Å². The van der Waals surface area contributed by atoms with Crippen LogP contribution in [0.5, 0.6) is 0 Å². The van der Waals surface area contributed by atoms with Crippen LogP contribution < -0.4 is 10.6 Å². The number of aryl methyl sites for hydroxylation is 1. The van der Waals surface area contributed by atoms with E-state index in [4.69, 9.17) is 0 Å². The second kappa shape index (κ2) is 6.01. The smallest absolute Gasteiger partial charge is 0.319 e. The minimum atomic E-state index is -0.476. The number of carbonyl (C=O) groups excluding carboxylic acids is 3. The van der Waals surface area contributed by atoms with E-state index in [9.17, 15) is 14.4 Å². The zero-order chi connectivity index (χ0) is 18.4. The topological polar surface area (TPSA) is 110 Å². The lowest BCUT2D eigenvalue weighted by atomic mass is 10.1. The van der Waals surface area contributed by atoms with Crippen molar-refractivity contribution in [3.63, 3.8) is 0 Å². The average Bonchev–Trinajstić information content (AvgIpc) is 3.15. The highest BCUT2D eigenvalue weighted by Crippen LogP contribution is 2.24. The van der Waals surface area contributed by atoms with Gasteiger partial charge in [-0.1, -0.05) is 0 Å². The van der Waals surface area contributed by atoms with Crippen LogP contribution in [0, 0.1) is 6.92 Å². The Kier molecular flexibility index (Phi) is 3.78. The Morgan fingerprint density at radius 2 is 2.15 bits per heavy atom. The van der Waals surface area contributed by atoms with Crippen molar-refractivity contribution in [3.05, 3.63) is 24.0 Å². The van der Waals surface area contributed by atoms with Crippen molar-refractivity contribution in [1.82, 2.24) is 25.1 Å². The first-order valence-electron chi connectivity index (χ1n) is 8.49. The van der Waals surface area contributed by atoms with E-state index in [-0.39, 0.29) is 30.4 Å². The number of urea groups is 1. The molecule has 0 unspecified atom stereocenters. The van der Waals surface area contributed by atoms with E-state index in [1.165, 1.54) is 4.90 Å². The Bertz CT molecular complexity index is 907. The summed E-state index contributed by atoms with van der Waals surface area (Å²) in [4.78, 5) is 47.0. The fraction of sp³-hybridized carbons (Fsp3) is 0.412. The third-order valence-electron chi connectivity index (χ3n) is 4.85. The van der Waals surface area contributed by atoms with Crippen molar-refractivity contribution in [2.75, 3.05) is 25.5 Å². The van der Waals surface area contributed by atoms with Gasteiger partial charge >= 0.3 is 6.03 Å². The van der Waals surface area contributed by atoms with Crippen LogP contribution >= 0.6 is 0 Å². The number of hydrogen-bond acceptors (Lipinski definition) is 4. The fourth-order valence-corrected chi connectivity index (χ4v) is 3.64. The maximum atomic E-state index is 12.3. The first-order chi connectivity index (χ1) is 12.4. The molecule has 3 N–H and O–H groups in total. The maximum Gasteiger partial charge on any atom is 0.319 e. The van der Waals surface area contributed by atoms with Crippen molar-refractivity contribution in [2.45, 2.75) is 25.4 Å². The molecule has 4 amide bonds. The molecule has 0 aliphatic carbocycles. The highest BCUT2D eigenvalue weighted by Gasteiger charge is 2.44. The number of amides is 4. The number of carbonyl (C=O) groups is 3. The first-order valence-corrected chi connectivity index (χ1v) is 8.49. The van der Waals surface area contributed by atoms with Gasteiger partial charge in [-0.25, -0.2) is 9.78 Å². The lowest BCUT2D eigenvalue weighted by molar-refractivity contribution is -0.152. The number of nitrogens with one attached hydrogen (secondary N) is 3. The summed E-state index contributed by atoms with van der Waals surface area (Å²) in [6, 6.07) is 4.33. The molecular weight excluding hydrogens is 336 g/mol. The van der Waals surface area contributed by atoms with Crippen molar-refractivity contribution >= 4 is 34.6 Å². The summed E-state index contributed by atoms with van der Waals surface area (Å²) in [5, 5.41) is 5.64. The number of piperazine rings is 1. The van der Waals surface area contributed by atoms with E-state index in [0.717, 1.165) is 16.9 Å². The minimum absolute atomic E-state index is 0.0747. The van der Waals surface area contributed by atoms with Gasteiger partial charge < -0.3 is 25.4 Å². The van der Waals surface area contributed by atoms with Gasteiger partial charge in [-0.15, -0.1) is 0 Å². The van der Waals surface area contributed by atoms with Crippen molar-refractivity contribution in [1.29, 1.82) is 0 Å². The molecule has 2 atom stereocenters. The Morgan fingerprint density at radius 1 is 1.35 bits per heavy atom. The number of hydrogen-bond donors (Lipinski definition) is 3. The van der Waals surface area contributed by atoms with Crippen molar-refractivity contribution in [3.8, 4) is 0 Å². The van der Waals surface area contributed by atoms with Crippen LogP contribution in [0.3, 0.4) is 0 Å². The zero-order valence-electron chi connectivity index (χ0n) is 14.6. The van der Waals surface area contributed by atoms with Gasteiger partial charge in [0.15, 0.2) is 0 Å². The minimum Gasteiger partial charge on any atom is -0.342 e. The quantitative estimate of drug-likeness (QED) is 0.725. The van der Waals surface area contributed by atoms with Gasteiger partial charge in [-0.3, -0.25) is 9.59 Å². The molecule has 9 heteroatoms. The summed E-state index contributed by atoms with van der Waals surface area (Å²) >= 11 is 0. The van der Waals surface area contributed by atoms with Crippen LogP contribution in [0.15, 0.2) is 18.2 Å². The molecule has 136 valence electrons. The van der Waals surface area contributed by atoms with Crippen LogP contribution in [0.25, 0.3) is 11.0 Å². The van der Waals surface area contributed by atoms with E-state index >= 15 is 0 Å². The largest absolute Gasteiger partial charge is 0.342 e. The van der Waals surface area contributed by atoms with Gasteiger partial charge in [-0.05, 0) is 31.5 Å². The van der Waals surface area contributed by atoms with Crippen molar-refractivity contribution < 1.29 is 14.4 Å². The van der Waals surface area contributed by atoms with Gasteiger partial charge in [0.25, 0.3) is 0 Å². The Morgan fingerprint density at radius 3 is 2.96 bits per heavy atom. The van der Waals surface area contributed by atoms with Crippen LogP contribution in [0.1, 0.15) is 12.2 Å². The van der Waals surface area contributed by atoms with Gasteiger partial charge in [-0.2, -0.15) is 0 Å². The lowest BCUT2D eigenvalue weighted by Crippen LogP contribution is -2.55. The summed E-state index contributed by atoms with van der Waals surface area (Å²) in [7, 11) is 1.62. The van der Waals surface area contributed by atoms with Crippen LogP contribution in [0.4, 0.5) is 10.5 Å². The number of imidazole rings is 1. The monoisotopic (exact) mass is 356 g/mol. The number of aromatic amines is 1. The van der Waals surface area contributed by atoms with Crippen LogP contribution in [-0.2, 0) is 9.59 Å². The second-order valence-electron chi connectivity index (χ2n) is 6.84. The Balaban J connectivity index is 1.40. The number of rotatable bonds is 2. The zero-order valence-corrected chi connectivity index (χ0v) is 14.6. The van der Waals surface area contributed by atoms with Crippen LogP contribution in [0.2, 0.25) is 0 Å². The molecule has 2 aromatic rings. The number of fused-ring (bicyclic) bond motifs is 2. The second-order valence-corrected chi connectivity index (χ2v) is 6.84. The number of H-pyrrole nitrogens is 1. The highest BCUT2D eigenvalue weighted by atomic mass is 16.2. The molecular formula is C17H20N6O3. The van der Waals surface area contributed by atoms with Gasteiger partial charge in [0.05, 0.1) is 23.6 Å². The molecule has 0 spiro atoms. The summed E-state index contributed by atoms with van der Waals surface area (Å²) in [5.74, 6) is 0.653. The van der Waals surface area contributed by atoms with Gasteiger partial charge in [0.1, 0.15) is 11.9 Å². The van der Waals surface area contributed by atoms with E-state index < -0.39 is 6.04 Å². The number of anilines is 1. The Labute approximate surface area is 149 Å². The van der Waals surface area contributed by atoms with Gasteiger partial charge in [0, 0.05) is 19.3 Å². The number of nitrogens with zero attached hydrogens (tertiary/aromatic N) is 3. The third-order valence-corrected chi connectivity index (χ3v) is 4.85.